The molecule has 0 aromatic carbocycles. The Kier molecular flexibility index (Phi) is 5.24. The fourth-order valence-electron chi connectivity index (χ4n) is 2.13. The van der Waals surface area contributed by atoms with Crippen molar-refractivity contribution in [1.29, 1.82) is 0 Å². The van der Waals surface area contributed by atoms with Crippen LogP contribution in [0.5, 0.6) is 0 Å². The number of fused-ring (bicyclic) bond motifs is 1. The molecule has 2 rings (SSSR count). The monoisotopic (exact) mass is 382 g/mol. The number of hydrogen-bond acceptors (Lipinski definition) is 6. The van der Waals surface area contributed by atoms with Crippen LogP contribution in [0.2, 0.25) is 5.22 Å². The molecular formula is C18H23ClN2O5. The van der Waals surface area contributed by atoms with Crippen molar-refractivity contribution in [3.05, 3.63) is 23.0 Å². The topological polar surface area (TPSA) is 81.9 Å². The molecule has 8 heteroatoms. The highest BCUT2D eigenvalue weighted by atomic mass is 35.5. The molecule has 2 amide bonds. The summed E-state index contributed by atoms with van der Waals surface area (Å²) in [5, 5.41) is 0.791. The van der Waals surface area contributed by atoms with Crippen molar-refractivity contribution in [2.24, 2.45) is 0 Å². The van der Waals surface area contributed by atoms with E-state index in [4.69, 9.17) is 25.5 Å². The predicted octanol–water partition coefficient (Wildman–Crippen LogP) is 5.47. The third kappa shape index (κ3) is 4.46. The number of carbonyl (C=O) groups excluding carboxylic acids is 2. The van der Waals surface area contributed by atoms with Crippen molar-refractivity contribution in [3.63, 3.8) is 0 Å². The van der Waals surface area contributed by atoms with Gasteiger partial charge in [0.1, 0.15) is 11.2 Å². The standard InChI is InChI=1S/C18H23ClN2O5/c1-10-11-8-9-20-14(12(11)24-13(10)19)21(15(22)25-17(2,3)4)16(23)26-18(5,6)7/h8-9H,1-7H3. The Morgan fingerprint density at radius 3 is 2.04 bits per heavy atom. The van der Waals surface area contributed by atoms with Crippen LogP contribution in [-0.4, -0.2) is 28.4 Å². The summed E-state index contributed by atoms with van der Waals surface area (Å²) >= 11 is 6.06. The van der Waals surface area contributed by atoms with Crippen molar-refractivity contribution < 1.29 is 23.5 Å². The number of hydrogen-bond donors (Lipinski definition) is 0. The van der Waals surface area contributed by atoms with Crippen LogP contribution < -0.4 is 4.90 Å². The van der Waals surface area contributed by atoms with Crippen molar-refractivity contribution >= 4 is 40.6 Å². The van der Waals surface area contributed by atoms with Crippen molar-refractivity contribution in [1.82, 2.24) is 4.98 Å². The van der Waals surface area contributed by atoms with Crippen molar-refractivity contribution in [3.8, 4) is 0 Å². The van der Waals surface area contributed by atoms with Gasteiger partial charge in [-0.3, -0.25) is 0 Å². The van der Waals surface area contributed by atoms with E-state index in [1.807, 2.05) is 0 Å². The largest absolute Gasteiger partial charge is 0.443 e. The molecule has 0 spiro atoms. The fourth-order valence-corrected chi connectivity index (χ4v) is 2.31. The second kappa shape index (κ2) is 6.79. The number of rotatable bonds is 1. The molecule has 0 saturated carbocycles. The minimum Gasteiger partial charge on any atom is -0.443 e. The number of imide groups is 1. The molecule has 7 nitrogen and oxygen atoms in total. The summed E-state index contributed by atoms with van der Waals surface area (Å²) in [5.41, 5.74) is -0.755. The normalized spacial score (nSPS) is 12.2. The summed E-state index contributed by atoms with van der Waals surface area (Å²) < 4.78 is 16.2. The molecule has 26 heavy (non-hydrogen) atoms. The molecule has 0 aliphatic heterocycles. The van der Waals surface area contributed by atoms with E-state index >= 15 is 0 Å². The van der Waals surface area contributed by atoms with Crippen LogP contribution in [0.15, 0.2) is 16.7 Å². The first-order chi connectivity index (χ1) is 11.8. The molecule has 2 heterocycles. The van der Waals surface area contributed by atoms with Gasteiger partial charge in [-0.1, -0.05) is 0 Å². The molecular weight excluding hydrogens is 360 g/mol. The van der Waals surface area contributed by atoms with E-state index in [9.17, 15) is 9.59 Å². The number of aryl methyl sites for hydroxylation is 1. The molecule has 142 valence electrons. The smallest absolute Gasteiger partial charge is 0.425 e. The van der Waals surface area contributed by atoms with E-state index in [0.29, 0.717) is 10.9 Å². The van der Waals surface area contributed by atoms with Gasteiger partial charge >= 0.3 is 12.2 Å². The number of furan rings is 1. The number of aromatic nitrogens is 1. The molecule has 2 aromatic heterocycles. The first-order valence-electron chi connectivity index (χ1n) is 8.10. The minimum atomic E-state index is -0.920. The highest BCUT2D eigenvalue weighted by Gasteiger charge is 2.35. The zero-order valence-corrected chi connectivity index (χ0v) is 16.7. The van der Waals surface area contributed by atoms with E-state index in [2.05, 4.69) is 4.98 Å². The van der Waals surface area contributed by atoms with Gasteiger partial charge in [-0.25, -0.2) is 14.6 Å². The molecule has 0 saturated heterocycles. The van der Waals surface area contributed by atoms with Gasteiger partial charge < -0.3 is 13.9 Å². The quantitative estimate of drug-likeness (QED) is 0.650. The Hall–Kier alpha value is -2.28. The predicted molar refractivity (Wildman–Crippen MR) is 98.7 cm³/mol. The molecule has 0 N–H and O–H groups in total. The molecule has 0 radical (unpaired) electrons. The molecule has 2 aromatic rings. The number of amides is 2. The van der Waals surface area contributed by atoms with Gasteiger partial charge in [0.2, 0.25) is 0 Å². The van der Waals surface area contributed by atoms with E-state index in [1.165, 1.54) is 6.20 Å². The van der Waals surface area contributed by atoms with Gasteiger partial charge in [0.15, 0.2) is 16.6 Å². The highest BCUT2D eigenvalue weighted by Crippen LogP contribution is 2.35. The maximum absolute atomic E-state index is 12.7. The summed E-state index contributed by atoms with van der Waals surface area (Å²) in [6.45, 7) is 11.9. The molecule has 0 bridgehead atoms. The van der Waals surface area contributed by atoms with Crippen LogP contribution in [0.25, 0.3) is 11.0 Å². The maximum Gasteiger partial charge on any atom is 0.425 e. The van der Waals surface area contributed by atoms with E-state index in [1.54, 1.807) is 54.5 Å². The zero-order valence-electron chi connectivity index (χ0n) is 16.0. The average molecular weight is 383 g/mol. The lowest BCUT2D eigenvalue weighted by atomic mass is 10.2. The number of ether oxygens (including phenoxy) is 2. The van der Waals surface area contributed by atoms with E-state index in [0.717, 1.165) is 4.90 Å². The van der Waals surface area contributed by atoms with E-state index < -0.39 is 23.4 Å². The van der Waals surface area contributed by atoms with Gasteiger partial charge in [-0.2, -0.15) is 4.90 Å². The van der Waals surface area contributed by atoms with Crippen LogP contribution in [0.3, 0.4) is 0 Å². The Bertz CT molecular complexity index is 818. The maximum atomic E-state index is 12.7. The van der Waals surface area contributed by atoms with Gasteiger partial charge in [0.05, 0.1) is 0 Å². The van der Waals surface area contributed by atoms with Crippen LogP contribution >= 0.6 is 11.6 Å². The van der Waals surface area contributed by atoms with Crippen LogP contribution in [0.4, 0.5) is 15.4 Å². The molecule has 0 aliphatic rings. The van der Waals surface area contributed by atoms with Crippen LogP contribution in [0.1, 0.15) is 47.1 Å². The average Bonchev–Trinajstić information content (AvgIpc) is 2.72. The highest BCUT2D eigenvalue weighted by molar-refractivity contribution is 6.31. The van der Waals surface area contributed by atoms with Gasteiger partial charge in [-0.15, -0.1) is 0 Å². The summed E-state index contributed by atoms with van der Waals surface area (Å²) in [6, 6.07) is 1.69. The Morgan fingerprint density at radius 2 is 1.58 bits per heavy atom. The SMILES string of the molecule is Cc1c(Cl)oc2c(N(C(=O)OC(C)(C)C)C(=O)OC(C)(C)C)nccc12. The van der Waals surface area contributed by atoms with Gasteiger partial charge in [-0.05, 0) is 66.1 Å². The first kappa shape index (κ1) is 20.0. The lowest BCUT2D eigenvalue weighted by Gasteiger charge is -2.27. The van der Waals surface area contributed by atoms with Crippen molar-refractivity contribution in [2.45, 2.75) is 59.7 Å². The molecule has 0 atom stereocenters. The third-order valence-electron chi connectivity index (χ3n) is 3.14. The first-order valence-corrected chi connectivity index (χ1v) is 8.47. The Labute approximate surface area is 157 Å². The molecule has 0 fully saturated rings. The second-order valence-corrected chi connectivity index (χ2v) is 8.15. The summed E-state index contributed by atoms with van der Waals surface area (Å²) in [5.74, 6) is -0.0407. The van der Waals surface area contributed by atoms with Gasteiger partial charge in [0, 0.05) is 17.1 Å². The third-order valence-corrected chi connectivity index (χ3v) is 3.50. The molecule has 0 aliphatic carbocycles. The Morgan fingerprint density at radius 1 is 1.08 bits per heavy atom. The van der Waals surface area contributed by atoms with Crippen LogP contribution in [0, 0.1) is 6.92 Å². The van der Waals surface area contributed by atoms with Crippen LogP contribution in [-0.2, 0) is 9.47 Å². The Balaban J connectivity index is 2.59. The number of pyridine rings is 1. The minimum absolute atomic E-state index is 0.0407. The number of anilines is 1. The van der Waals surface area contributed by atoms with Gasteiger partial charge in [0.25, 0.3) is 0 Å². The summed E-state index contributed by atoms with van der Waals surface area (Å²) in [7, 11) is 0. The lowest BCUT2D eigenvalue weighted by molar-refractivity contribution is 0.0429. The second-order valence-electron chi connectivity index (χ2n) is 7.81. The summed E-state index contributed by atoms with van der Waals surface area (Å²) in [4.78, 5) is 30.3. The lowest BCUT2D eigenvalue weighted by Crippen LogP contribution is -2.44. The number of carbonyl (C=O) groups is 2. The number of nitrogens with zero attached hydrogens (tertiary/aromatic N) is 2. The zero-order chi connectivity index (χ0) is 19.9. The fraction of sp³-hybridized carbons (Fsp3) is 0.500. The summed E-state index contributed by atoms with van der Waals surface area (Å²) in [6.07, 6.45) is -0.382. The van der Waals surface area contributed by atoms with E-state index in [-0.39, 0.29) is 16.6 Å². The molecule has 0 unspecified atom stereocenters. The number of halogens is 1. The van der Waals surface area contributed by atoms with Crippen molar-refractivity contribution in [2.75, 3.05) is 4.90 Å².